The zero-order chi connectivity index (χ0) is 17.9. The molecule has 1 heterocycles. The van der Waals surface area contributed by atoms with Crippen molar-refractivity contribution in [3.8, 4) is 11.1 Å². The third-order valence-corrected chi connectivity index (χ3v) is 4.06. The van der Waals surface area contributed by atoms with E-state index in [9.17, 15) is 9.18 Å². The van der Waals surface area contributed by atoms with E-state index in [1.54, 1.807) is 18.2 Å². The number of rotatable bonds is 3. The number of aliphatic imine (C=N–C) groups is 1. The lowest BCUT2D eigenvalue weighted by Crippen LogP contribution is -2.05. The van der Waals surface area contributed by atoms with Crippen LogP contribution >= 0.6 is 0 Å². The molecular formula is C22H14FNO2. The van der Waals surface area contributed by atoms with E-state index in [1.165, 1.54) is 12.1 Å². The number of halogens is 1. The van der Waals surface area contributed by atoms with Gasteiger partial charge in [-0.15, -0.1) is 0 Å². The molecule has 0 aromatic heterocycles. The van der Waals surface area contributed by atoms with Gasteiger partial charge < -0.3 is 4.74 Å². The first-order valence-corrected chi connectivity index (χ1v) is 8.14. The van der Waals surface area contributed by atoms with Crippen molar-refractivity contribution in [3.05, 3.63) is 102 Å². The average Bonchev–Trinajstić information content (AvgIpc) is 3.05. The Kier molecular flexibility index (Phi) is 4.15. The van der Waals surface area contributed by atoms with E-state index in [0.29, 0.717) is 11.1 Å². The minimum atomic E-state index is -0.588. The van der Waals surface area contributed by atoms with Gasteiger partial charge in [-0.3, -0.25) is 0 Å². The molecule has 4 rings (SSSR count). The van der Waals surface area contributed by atoms with Crippen LogP contribution in [0, 0.1) is 5.82 Å². The summed E-state index contributed by atoms with van der Waals surface area (Å²) < 4.78 is 19.0. The molecule has 126 valence electrons. The van der Waals surface area contributed by atoms with Crippen molar-refractivity contribution in [1.29, 1.82) is 0 Å². The quantitative estimate of drug-likeness (QED) is 0.504. The lowest BCUT2D eigenvalue weighted by Gasteiger charge is -2.03. The molecule has 0 radical (unpaired) electrons. The normalized spacial score (nSPS) is 15.0. The van der Waals surface area contributed by atoms with Crippen molar-refractivity contribution in [3.63, 3.8) is 0 Å². The molecule has 0 unspecified atom stereocenters. The molecule has 0 aliphatic carbocycles. The Morgan fingerprint density at radius 3 is 2.12 bits per heavy atom. The molecule has 3 aromatic carbocycles. The average molecular weight is 343 g/mol. The Morgan fingerprint density at radius 1 is 0.769 bits per heavy atom. The van der Waals surface area contributed by atoms with Crippen molar-refractivity contribution in [2.45, 2.75) is 0 Å². The number of cyclic esters (lactones) is 1. The summed E-state index contributed by atoms with van der Waals surface area (Å²) >= 11 is 0. The summed E-state index contributed by atoms with van der Waals surface area (Å²) in [4.78, 5) is 16.3. The minimum absolute atomic E-state index is 0.0808. The molecule has 0 fully saturated rings. The second-order valence-corrected chi connectivity index (χ2v) is 5.80. The first kappa shape index (κ1) is 16.0. The van der Waals surface area contributed by atoms with Crippen molar-refractivity contribution in [2.75, 3.05) is 0 Å². The van der Waals surface area contributed by atoms with E-state index in [-0.39, 0.29) is 11.6 Å². The molecule has 0 N–H and O–H groups in total. The molecule has 0 spiro atoms. The van der Waals surface area contributed by atoms with Gasteiger partial charge in [0.2, 0.25) is 5.90 Å². The van der Waals surface area contributed by atoms with Crippen LogP contribution < -0.4 is 0 Å². The SMILES string of the molecule is O=C1OC(c2ccc(-c3ccccc3)cc2)=NC1=Cc1ccccc1F. The van der Waals surface area contributed by atoms with Crippen LogP contribution in [0.3, 0.4) is 0 Å². The number of ether oxygens (including phenoxy) is 1. The van der Waals surface area contributed by atoms with Gasteiger partial charge >= 0.3 is 5.97 Å². The zero-order valence-corrected chi connectivity index (χ0v) is 13.7. The fraction of sp³-hybridized carbons (Fsp3) is 0. The highest BCUT2D eigenvalue weighted by molar-refractivity contribution is 6.12. The van der Waals surface area contributed by atoms with Gasteiger partial charge in [-0.25, -0.2) is 14.2 Å². The fourth-order valence-electron chi connectivity index (χ4n) is 2.71. The number of hydrogen-bond acceptors (Lipinski definition) is 3. The molecule has 3 aromatic rings. The van der Waals surface area contributed by atoms with Gasteiger partial charge in [0.15, 0.2) is 5.70 Å². The maximum Gasteiger partial charge on any atom is 0.363 e. The summed E-state index contributed by atoms with van der Waals surface area (Å²) in [6.07, 6.45) is 1.39. The molecule has 0 amide bonds. The number of carbonyl (C=O) groups is 1. The summed E-state index contributed by atoms with van der Waals surface area (Å²) in [7, 11) is 0. The molecule has 1 aliphatic heterocycles. The zero-order valence-electron chi connectivity index (χ0n) is 13.7. The van der Waals surface area contributed by atoms with Crippen LogP contribution in [0.4, 0.5) is 4.39 Å². The Hall–Kier alpha value is -3.53. The number of nitrogens with zero attached hydrogens (tertiary/aromatic N) is 1. The van der Waals surface area contributed by atoms with Crippen LogP contribution in [0.15, 0.2) is 89.6 Å². The van der Waals surface area contributed by atoms with E-state index in [4.69, 9.17) is 4.74 Å². The fourth-order valence-corrected chi connectivity index (χ4v) is 2.71. The molecule has 0 atom stereocenters. The molecule has 26 heavy (non-hydrogen) atoms. The van der Waals surface area contributed by atoms with Crippen molar-refractivity contribution in [2.24, 2.45) is 4.99 Å². The standard InChI is InChI=1S/C22H14FNO2/c23-19-9-5-4-8-18(19)14-20-22(25)26-21(24-20)17-12-10-16(11-13-17)15-6-2-1-3-7-15/h1-14H. The molecule has 0 bridgehead atoms. The summed E-state index contributed by atoms with van der Waals surface area (Å²) in [5.74, 6) is -0.781. The van der Waals surface area contributed by atoms with E-state index in [2.05, 4.69) is 4.99 Å². The lowest BCUT2D eigenvalue weighted by atomic mass is 10.0. The third kappa shape index (κ3) is 3.17. The molecule has 1 aliphatic rings. The molecule has 4 heteroatoms. The van der Waals surface area contributed by atoms with E-state index >= 15 is 0 Å². The Morgan fingerprint density at radius 2 is 1.38 bits per heavy atom. The lowest BCUT2D eigenvalue weighted by molar-refractivity contribution is -0.129. The second kappa shape index (κ2) is 6.76. The first-order chi connectivity index (χ1) is 12.7. The maximum atomic E-state index is 13.8. The van der Waals surface area contributed by atoms with Crippen molar-refractivity contribution in [1.82, 2.24) is 0 Å². The topological polar surface area (TPSA) is 38.7 Å². The highest BCUT2D eigenvalue weighted by Crippen LogP contribution is 2.23. The maximum absolute atomic E-state index is 13.8. The predicted octanol–water partition coefficient (Wildman–Crippen LogP) is 4.84. The molecule has 0 saturated carbocycles. The van der Waals surface area contributed by atoms with Crippen LogP contribution in [-0.2, 0) is 9.53 Å². The Bertz CT molecular complexity index is 1020. The Balaban J connectivity index is 1.62. The van der Waals surface area contributed by atoms with Crippen LogP contribution in [0.1, 0.15) is 11.1 Å². The highest BCUT2D eigenvalue weighted by Gasteiger charge is 2.24. The molecular weight excluding hydrogens is 329 g/mol. The molecule has 3 nitrogen and oxygen atoms in total. The smallest absolute Gasteiger partial charge is 0.363 e. The predicted molar refractivity (Wildman–Crippen MR) is 98.9 cm³/mol. The van der Waals surface area contributed by atoms with E-state index < -0.39 is 11.8 Å². The monoisotopic (exact) mass is 343 g/mol. The van der Waals surface area contributed by atoms with Crippen LogP contribution in [-0.4, -0.2) is 11.9 Å². The summed E-state index contributed by atoms with van der Waals surface area (Å²) in [6.45, 7) is 0. The number of hydrogen-bond donors (Lipinski definition) is 0. The van der Waals surface area contributed by atoms with Gasteiger partial charge in [0, 0.05) is 11.1 Å². The van der Waals surface area contributed by atoms with Gasteiger partial charge in [0.25, 0.3) is 0 Å². The van der Waals surface area contributed by atoms with Crippen LogP contribution in [0.25, 0.3) is 17.2 Å². The molecule has 0 saturated heterocycles. The summed E-state index contributed by atoms with van der Waals surface area (Å²) in [5.41, 5.74) is 3.22. The van der Waals surface area contributed by atoms with Crippen molar-refractivity contribution >= 4 is 17.9 Å². The Labute approximate surface area is 150 Å². The summed E-state index contributed by atoms with van der Waals surface area (Å²) in [5, 5.41) is 0. The van der Waals surface area contributed by atoms with E-state index in [1.807, 2.05) is 54.6 Å². The van der Waals surface area contributed by atoms with Gasteiger partial charge in [0.1, 0.15) is 5.82 Å². The number of carbonyl (C=O) groups excluding carboxylic acids is 1. The highest BCUT2D eigenvalue weighted by atomic mass is 19.1. The minimum Gasteiger partial charge on any atom is -0.402 e. The summed E-state index contributed by atoms with van der Waals surface area (Å²) in [6, 6.07) is 23.8. The van der Waals surface area contributed by atoms with E-state index in [0.717, 1.165) is 11.1 Å². The largest absolute Gasteiger partial charge is 0.402 e. The van der Waals surface area contributed by atoms with Gasteiger partial charge in [-0.2, -0.15) is 0 Å². The third-order valence-electron chi connectivity index (χ3n) is 4.06. The van der Waals surface area contributed by atoms with Gasteiger partial charge in [0.05, 0.1) is 0 Å². The second-order valence-electron chi connectivity index (χ2n) is 5.80. The first-order valence-electron chi connectivity index (χ1n) is 8.14. The van der Waals surface area contributed by atoms with Crippen LogP contribution in [0.5, 0.6) is 0 Å². The van der Waals surface area contributed by atoms with Gasteiger partial charge in [-0.1, -0.05) is 60.7 Å². The van der Waals surface area contributed by atoms with Crippen molar-refractivity contribution < 1.29 is 13.9 Å². The van der Waals surface area contributed by atoms with Crippen LogP contribution in [0.2, 0.25) is 0 Å². The van der Waals surface area contributed by atoms with Gasteiger partial charge in [-0.05, 0) is 35.4 Å². The number of benzene rings is 3. The number of esters is 1.